The molecule has 0 aromatic heterocycles. The highest BCUT2D eigenvalue weighted by molar-refractivity contribution is 5.84. The van der Waals surface area contributed by atoms with Gasteiger partial charge in [-0.05, 0) is 33.6 Å². The maximum atomic E-state index is 11.5. The average molecular weight is 242 g/mol. The molecule has 1 amide bonds. The molecule has 0 bridgehead atoms. The van der Waals surface area contributed by atoms with E-state index in [0.717, 1.165) is 12.8 Å². The summed E-state index contributed by atoms with van der Waals surface area (Å²) in [6, 6.07) is 0.211. The number of carbonyl (C=O) groups excluding carboxylic acids is 1. The lowest BCUT2D eigenvalue weighted by Gasteiger charge is -2.32. The van der Waals surface area contributed by atoms with Gasteiger partial charge in [-0.2, -0.15) is 0 Å². The predicted molar refractivity (Wildman–Crippen MR) is 68.7 cm³/mol. The minimum absolute atomic E-state index is 0.211. The molecule has 4 heteroatoms. The average Bonchev–Trinajstić information content (AvgIpc) is 2.27. The van der Waals surface area contributed by atoms with E-state index in [9.17, 15) is 4.79 Å². The van der Waals surface area contributed by atoms with Crippen LogP contribution in [0.2, 0.25) is 0 Å². The first-order chi connectivity index (χ1) is 7.94. The van der Waals surface area contributed by atoms with Crippen molar-refractivity contribution in [3.05, 3.63) is 0 Å². The Morgan fingerprint density at radius 1 is 1.41 bits per heavy atom. The molecule has 0 aromatic carbocycles. The summed E-state index contributed by atoms with van der Waals surface area (Å²) in [6.07, 6.45) is 6.28. The minimum Gasteiger partial charge on any atom is -0.376 e. The first-order valence-corrected chi connectivity index (χ1v) is 6.63. The van der Waals surface area contributed by atoms with Gasteiger partial charge in [-0.3, -0.25) is 10.1 Å². The number of ether oxygens (including phenoxy) is 1. The molecule has 1 rings (SSSR count). The molecule has 0 heterocycles. The molecule has 4 nitrogen and oxygen atoms in total. The summed E-state index contributed by atoms with van der Waals surface area (Å²) in [5.41, 5.74) is 4.70. The minimum atomic E-state index is -0.758. The monoisotopic (exact) mass is 242 g/mol. The second kappa shape index (κ2) is 6.36. The van der Waals surface area contributed by atoms with Gasteiger partial charge in [-0.1, -0.05) is 19.3 Å². The Balaban J connectivity index is 2.45. The molecule has 0 radical (unpaired) electrons. The van der Waals surface area contributed by atoms with Crippen LogP contribution in [0.15, 0.2) is 0 Å². The molecule has 1 fully saturated rings. The molecule has 3 N–H and O–H groups in total. The fourth-order valence-electron chi connectivity index (χ4n) is 2.34. The standard InChI is InChI=1S/C13H26N2O2/c1-10(2)15-13(3,12(14)16)9-17-11-7-5-4-6-8-11/h10-11,15H,4-9H2,1-3H3,(H2,14,16). The second-order valence-electron chi connectivity index (χ2n) is 5.57. The number of nitrogens with two attached hydrogens (primary N) is 1. The number of hydrogen-bond donors (Lipinski definition) is 2. The fraction of sp³-hybridized carbons (Fsp3) is 0.923. The lowest BCUT2D eigenvalue weighted by atomic mass is 9.97. The number of carbonyl (C=O) groups is 1. The third-order valence-electron chi connectivity index (χ3n) is 3.31. The van der Waals surface area contributed by atoms with Gasteiger partial charge in [0.2, 0.25) is 5.91 Å². The summed E-state index contributed by atoms with van der Waals surface area (Å²) in [5, 5.41) is 3.20. The van der Waals surface area contributed by atoms with Gasteiger partial charge >= 0.3 is 0 Å². The SMILES string of the molecule is CC(C)NC(C)(COC1CCCCC1)C(N)=O. The largest absolute Gasteiger partial charge is 0.376 e. The highest BCUT2D eigenvalue weighted by atomic mass is 16.5. The summed E-state index contributed by atoms with van der Waals surface area (Å²) >= 11 is 0. The predicted octanol–water partition coefficient (Wildman–Crippen LogP) is 1.58. The van der Waals surface area contributed by atoms with Gasteiger partial charge in [0.05, 0.1) is 12.7 Å². The fourth-order valence-corrected chi connectivity index (χ4v) is 2.34. The van der Waals surface area contributed by atoms with Gasteiger partial charge in [0.25, 0.3) is 0 Å². The van der Waals surface area contributed by atoms with E-state index in [2.05, 4.69) is 5.32 Å². The Hall–Kier alpha value is -0.610. The highest BCUT2D eigenvalue weighted by Gasteiger charge is 2.33. The zero-order valence-corrected chi connectivity index (χ0v) is 11.3. The van der Waals surface area contributed by atoms with Crippen LogP contribution in [0.25, 0.3) is 0 Å². The quantitative estimate of drug-likeness (QED) is 0.743. The summed E-state index contributed by atoms with van der Waals surface area (Å²) in [5.74, 6) is -0.345. The lowest BCUT2D eigenvalue weighted by molar-refractivity contribution is -0.128. The number of nitrogens with one attached hydrogen (secondary N) is 1. The molecule has 1 aliphatic carbocycles. The van der Waals surface area contributed by atoms with Gasteiger partial charge in [0, 0.05) is 6.04 Å². The van der Waals surface area contributed by atoms with Gasteiger partial charge in [0.15, 0.2) is 0 Å². The molecule has 17 heavy (non-hydrogen) atoms. The van der Waals surface area contributed by atoms with Crippen molar-refractivity contribution in [3.8, 4) is 0 Å². The zero-order chi connectivity index (χ0) is 12.9. The third kappa shape index (κ3) is 4.64. The van der Waals surface area contributed by atoms with Crippen LogP contribution >= 0.6 is 0 Å². The van der Waals surface area contributed by atoms with Gasteiger partial charge in [-0.15, -0.1) is 0 Å². The van der Waals surface area contributed by atoms with Crippen molar-refractivity contribution < 1.29 is 9.53 Å². The zero-order valence-electron chi connectivity index (χ0n) is 11.3. The van der Waals surface area contributed by atoms with Crippen molar-refractivity contribution >= 4 is 5.91 Å². The lowest BCUT2D eigenvalue weighted by Crippen LogP contribution is -2.58. The Labute approximate surface area is 104 Å². The molecule has 1 unspecified atom stereocenters. The molecule has 1 aliphatic rings. The first-order valence-electron chi connectivity index (χ1n) is 6.63. The number of primary amides is 1. The maximum Gasteiger partial charge on any atom is 0.239 e. The van der Waals surface area contributed by atoms with E-state index in [0.29, 0.717) is 12.7 Å². The topological polar surface area (TPSA) is 64.3 Å². The van der Waals surface area contributed by atoms with Crippen LogP contribution in [0.1, 0.15) is 52.9 Å². The Morgan fingerprint density at radius 3 is 2.47 bits per heavy atom. The van der Waals surface area contributed by atoms with Crippen molar-refractivity contribution in [2.24, 2.45) is 5.73 Å². The molecule has 0 aliphatic heterocycles. The van der Waals surface area contributed by atoms with Crippen molar-refractivity contribution in [1.29, 1.82) is 0 Å². The van der Waals surface area contributed by atoms with E-state index in [1.165, 1.54) is 19.3 Å². The summed E-state index contributed by atoms with van der Waals surface area (Å²) < 4.78 is 5.85. The molecule has 0 spiro atoms. The Bertz CT molecular complexity index is 250. The van der Waals surface area contributed by atoms with Crippen LogP contribution in [-0.4, -0.2) is 30.2 Å². The molecular weight excluding hydrogens is 216 g/mol. The van der Waals surface area contributed by atoms with Crippen LogP contribution in [0.3, 0.4) is 0 Å². The van der Waals surface area contributed by atoms with Crippen molar-refractivity contribution in [2.45, 2.75) is 70.6 Å². The Morgan fingerprint density at radius 2 is 2.00 bits per heavy atom. The second-order valence-corrected chi connectivity index (χ2v) is 5.57. The smallest absolute Gasteiger partial charge is 0.239 e. The van der Waals surface area contributed by atoms with Crippen LogP contribution in [0.5, 0.6) is 0 Å². The van der Waals surface area contributed by atoms with Gasteiger partial charge in [-0.25, -0.2) is 0 Å². The summed E-state index contributed by atoms with van der Waals surface area (Å²) in [7, 11) is 0. The van der Waals surface area contributed by atoms with E-state index in [4.69, 9.17) is 10.5 Å². The normalized spacial score (nSPS) is 21.4. The van der Waals surface area contributed by atoms with Crippen LogP contribution in [0, 0.1) is 0 Å². The summed E-state index contributed by atoms with van der Waals surface area (Å²) in [4.78, 5) is 11.5. The Kier molecular flexibility index (Phi) is 5.40. The molecule has 100 valence electrons. The van der Waals surface area contributed by atoms with Crippen molar-refractivity contribution in [2.75, 3.05) is 6.61 Å². The molecule has 1 atom stereocenters. The van der Waals surface area contributed by atoms with Crippen molar-refractivity contribution in [1.82, 2.24) is 5.32 Å². The first kappa shape index (κ1) is 14.5. The van der Waals surface area contributed by atoms with Gasteiger partial charge < -0.3 is 10.5 Å². The van der Waals surface area contributed by atoms with E-state index >= 15 is 0 Å². The summed E-state index contributed by atoms with van der Waals surface area (Å²) in [6.45, 7) is 6.19. The van der Waals surface area contributed by atoms with Gasteiger partial charge in [0.1, 0.15) is 5.54 Å². The van der Waals surface area contributed by atoms with E-state index in [1.807, 2.05) is 20.8 Å². The van der Waals surface area contributed by atoms with Crippen LogP contribution in [-0.2, 0) is 9.53 Å². The maximum absolute atomic E-state index is 11.5. The third-order valence-corrected chi connectivity index (χ3v) is 3.31. The van der Waals surface area contributed by atoms with E-state index in [1.54, 1.807) is 0 Å². The molecule has 1 saturated carbocycles. The number of amides is 1. The number of hydrogen-bond acceptors (Lipinski definition) is 3. The molecule has 0 aromatic rings. The van der Waals surface area contributed by atoms with Crippen LogP contribution in [0.4, 0.5) is 0 Å². The molecular formula is C13H26N2O2. The number of rotatable bonds is 6. The van der Waals surface area contributed by atoms with Crippen LogP contribution < -0.4 is 11.1 Å². The molecule has 0 saturated heterocycles. The van der Waals surface area contributed by atoms with E-state index < -0.39 is 5.54 Å². The van der Waals surface area contributed by atoms with Crippen molar-refractivity contribution in [3.63, 3.8) is 0 Å². The van der Waals surface area contributed by atoms with E-state index in [-0.39, 0.29) is 11.9 Å². The highest BCUT2D eigenvalue weighted by Crippen LogP contribution is 2.21.